The van der Waals surface area contributed by atoms with Gasteiger partial charge in [0, 0.05) is 12.6 Å². The molecule has 1 fully saturated rings. The third kappa shape index (κ3) is 5.14. The maximum atomic E-state index is 5.70. The van der Waals surface area contributed by atoms with Gasteiger partial charge in [0.15, 0.2) is 0 Å². The minimum atomic E-state index is 0.606. The van der Waals surface area contributed by atoms with Crippen molar-refractivity contribution in [3.63, 3.8) is 0 Å². The summed E-state index contributed by atoms with van der Waals surface area (Å²) in [6, 6.07) is 10.7. The molecule has 0 radical (unpaired) electrons. The van der Waals surface area contributed by atoms with E-state index in [-0.39, 0.29) is 0 Å². The van der Waals surface area contributed by atoms with Crippen molar-refractivity contribution < 1.29 is 4.74 Å². The van der Waals surface area contributed by atoms with Gasteiger partial charge in [-0.1, -0.05) is 18.2 Å². The van der Waals surface area contributed by atoms with E-state index < -0.39 is 0 Å². The van der Waals surface area contributed by atoms with E-state index >= 15 is 0 Å². The molecule has 1 aromatic carbocycles. The van der Waals surface area contributed by atoms with Gasteiger partial charge in [-0.15, -0.1) is 0 Å². The minimum Gasteiger partial charge on any atom is -0.494 e. The molecule has 1 saturated heterocycles. The zero-order chi connectivity index (χ0) is 14.2. The van der Waals surface area contributed by atoms with E-state index in [0.717, 1.165) is 31.2 Å². The number of benzene rings is 1. The maximum Gasteiger partial charge on any atom is 0.119 e. The van der Waals surface area contributed by atoms with Gasteiger partial charge >= 0.3 is 0 Å². The first-order chi connectivity index (χ1) is 9.75. The Morgan fingerprint density at radius 2 is 2.15 bits per heavy atom. The van der Waals surface area contributed by atoms with Crippen molar-refractivity contribution in [3.8, 4) is 5.75 Å². The van der Waals surface area contributed by atoms with Crippen molar-refractivity contribution in [1.29, 1.82) is 0 Å². The van der Waals surface area contributed by atoms with Gasteiger partial charge in [0.25, 0.3) is 0 Å². The molecule has 1 N–H and O–H groups in total. The molecule has 0 saturated carbocycles. The summed E-state index contributed by atoms with van der Waals surface area (Å²) in [4.78, 5) is 2.45. The van der Waals surface area contributed by atoms with Gasteiger partial charge in [-0.2, -0.15) is 0 Å². The van der Waals surface area contributed by atoms with E-state index in [1.165, 1.54) is 25.9 Å². The van der Waals surface area contributed by atoms with E-state index in [9.17, 15) is 0 Å². The molecule has 1 aliphatic heterocycles. The van der Waals surface area contributed by atoms with Crippen LogP contribution in [-0.2, 0) is 0 Å². The van der Waals surface area contributed by atoms with Gasteiger partial charge in [0.2, 0.25) is 0 Å². The molecule has 0 spiro atoms. The lowest BCUT2D eigenvalue weighted by Gasteiger charge is -2.34. The zero-order valence-electron chi connectivity index (χ0n) is 12.8. The van der Waals surface area contributed by atoms with Crippen molar-refractivity contribution >= 4 is 0 Å². The highest BCUT2D eigenvalue weighted by Gasteiger charge is 2.21. The number of piperidine rings is 1. The third-order valence-corrected chi connectivity index (χ3v) is 4.17. The normalized spacial score (nSPS) is 21.6. The summed E-state index contributed by atoms with van der Waals surface area (Å²) in [5.74, 6) is 1.76. The first-order valence-corrected chi connectivity index (χ1v) is 7.85. The number of ether oxygens (including phenoxy) is 1. The first kappa shape index (κ1) is 15.3. The third-order valence-electron chi connectivity index (χ3n) is 4.17. The summed E-state index contributed by atoms with van der Waals surface area (Å²) >= 11 is 0. The summed E-state index contributed by atoms with van der Waals surface area (Å²) in [5, 5.41) is 3.65. The fraction of sp³-hybridized carbons (Fsp3) is 0.647. The van der Waals surface area contributed by atoms with Crippen LogP contribution in [0.4, 0.5) is 0 Å². The van der Waals surface area contributed by atoms with Crippen LogP contribution in [-0.4, -0.2) is 44.2 Å². The predicted octanol–water partition coefficient (Wildman–Crippen LogP) is 2.78. The predicted molar refractivity (Wildman–Crippen MR) is 84.2 cm³/mol. The van der Waals surface area contributed by atoms with Gasteiger partial charge in [0.05, 0.1) is 6.61 Å². The lowest BCUT2D eigenvalue weighted by atomic mass is 9.92. The van der Waals surface area contributed by atoms with E-state index in [0.29, 0.717) is 6.04 Å². The molecule has 1 aromatic rings. The van der Waals surface area contributed by atoms with Gasteiger partial charge in [0.1, 0.15) is 5.75 Å². The van der Waals surface area contributed by atoms with Crippen molar-refractivity contribution in [3.05, 3.63) is 30.3 Å². The van der Waals surface area contributed by atoms with Gasteiger partial charge in [-0.25, -0.2) is 0 Å². The molecule has 2 rings (SSSR count). The van der Waals surface area contributed by atoms with E-state index in [4.69, 9.17) is 4.74 Å². The molecule has 1 aliphatic rings. The second-order valence-electron chi connectivity index (χ2n) is 5.92. The summed E-state index contributed by atoms with van der Waals surface area (Å²) in [6.07, 6.45) is 3.76. The Bertz CT molecular complexity index is 369. The fourth-order valence-corrected chi connectivity index (χ4v) is 2.89. The van der Waals surface area contributed by atoms with E-state index in [1.54, 1.807) is 0 Å². The summed E-state index contributed by atoms with van der Waals surface area (Å²) in [5.41, 5.74) is 0. The monoisotopic (exact) mass is 276 g/mol. The highest BCUT2D eigenvalue weighted by molar-refractivity contribution is 5.20. The van der Waals surface area contributed by atoms with Crippen molar-refractivity contribution in [1.82, 2.24) is 10.2 Å². The van der Waals surface area contributed by atoms with Crippen molar-refractivity contribution in [2.75, 3.05) is 33.3 Å². The molecule has 20 heavy (non-hydrogen) atoms. The largest absolute Gasteiger partial charge is 0.494 e. The van der Waals surface area contributed by atoms with Crippen LogP contribution in [0.3, 0.4) is 0 Å². The number of para-hydroxylation sites is 1. The quantitative estimate of drug-likeness (QED) is 0.775. The molecular weight excluding hydrogens is 248 g/mol. The molecule has 2 unspecified atom stereocenters. The van der Waals surface area contributed by atoms with Gasteiger partial charge in [-0.3, -0.25) is 0 Å². The van der Waals surface area contributed by atoms with Gasteiger partial charge in [-0.05, 0) is 64.4 Å². The second kappa shape index (κ2) is 8.28. The summed E-state index contributed by atoms with van der Waals surface area (Å²) in [6.45, 7) is 6.63. The number of rotatable bonds is 7. The average molecular weight is 276 g/mol. The molecule has 0 bridgehead atoms. The van der Waals surface area contributed by atoms with Crippen LogP contribution in [0, 0.1) is 5.92 Å². The van der Waals surface area contributed by atoms with Crippen molar-refractivity contribution in [2.45, 2.75) is 32.2 Å². The molecule has 112 valence electrons. The molecule has 3 heteroatoms. The summed E-state index contributed by atoms with van der Waals surface area (Å²) < 4.78 is 5.70. The van der Waals surface area contributed by atoms with Crippen LogP contribution in [0.2, 0.25) is 0 Å². The van der Waals surface area contributed by atoms with Crippen LogP contribution in [0.25, 0.3) is 0 Å². The van der Waals surface area contributed by atoms with Crippen LogP contribution in [0.5, 0.6) is 5.75 Å². The van der Waals surface area contributed by atoms with Crippen LogP contribution in [0.1, 0.15) is 26.2 Å². The molecule has 1 heterocycles. The van der Waals surface area contributed by atoms with Gasteiger partial charge < -0.3 is 15.0 Å². The van der Waals surface area contributed by atoms with E-state index in [1.807, 2.05) is 30.3 Å². The number of hydrogen-bond donors (Lipinski definition) is 1. The zero-order valence-corrected chi connectivity index (χ0v) is 12.8. The van der Waals surface area contributed by atoms with Crippen molar-refractivity contribution in [2.24, 2.45) is 5.92 Å². The average Bonchev–Trinajstić information content (AvgIpc) is 2.48. The van der Waals surface area contributed by atoms with Crippen LogP contribution in [0.15, 0.2) is 30.3 Å². The number of nitrogens with zero attached hydrogens (tertiary/aromatic N) is 1. The number of likely N-dealkylation sites (tertiary alicyclic amines) is 1. The fourth-order valence-electron chi connectivity index (χ4n) is 2.89. The molecule has 3 nitrogen and oxygen atoms in total. The highest BCUT2D eigenvalue weighted by Crippen LogP contribution is 2.18. The maximum absolute atomic E-state index is 5.70. The van der Waals surface area contributed by atoms with E-state index in [2.05, 4.69) is 24.2 Å². The smallest absolute Gasteiger partial charge is 0.119 e. The lowest BCUT2D eigenvalue weighted by Crippen LogP contribution is -2.43. The second-order valence-corrected chi connectivity index (χ2v) is 5.92. The van der Waals surface area contributed by atoms with Crippen LogP contribution >= 0.6 is 0 Å². The SMILES string of the molecule is CC(NCCCOc1ccccc1)C1CCCN(C)C1. The Balaban J connectivity index is 1.56. The molecule has 0 amide bonds. The molecule has 0 aromatic heterocycles. The molecule has 2 atom stereocenters. The Hall–Kier alpha value is -1.06. The first-order valence-electron chi connectivity index (χ1n) is 7.85. The lowest BCUT2D eigenvalue weighted by molar-refractivity contribution is 0.177. The highest BCUT2D eigenvalue weighted by atomic mass is 16.5. The van der Waals surface area contributed by atoms with Crippen LogP contribution < -0.4 is 10.1 Å². The molecular formula is C17H28N2O. The Labute approximate surface area is 123 Å². The Kier molecular flexibility index (Phi) is 6.34. The standard InChI is InChI=1S/C17H28N2O/c1-15(16-8-6-12-19(2)14-16)18-11-7-13-20-17-9-4-3-5-10-17/h3-5,9-10,15-16,18H,6-8,11-14H2,1-2H3. The number of nitrogens with one attached hydrogen (secondary N) is 1. The summed E-state index contributed by atoms with van der Waals surface area (Å²) in [7, 11) is 2.23. The Morgan fingerprint density at radius 1 is 1.35 bits per heavy atom. The Morgan fingerprint density at radius 3 is 2.90 bits per heavy atom. The number of hydrogen-bond acceptors (Lipinski definition) is 3. The minimum absolute atomic E-state index is 0.606. The molecule has 0 aliphatic carbocycles. The topological polar surface area (TPSA) is 24.5 Å².